The van der Waals surface area contributed by atoms with Gasteiger partial charge in [-0.3, -0.25) is 4.79 Å². The lowest BCUT2D eigenvalue weighted by atomic mass is 9.85. The van der Waals surface area contributed by atoms with Crippen LogP contribution >= 0.6 is 11.3 Å². The molecule has 0 bridgehead atoms. The average molecular weight is 467 g/mol. The highest BCUT2D eigenvalue weighted by molar-refractivity contribution is 7.20. The van der Waals surface area contributed by atoms with E-state index in [-0.39, 0.29) is 11.8 Å². The number of nitrogens with one attached hydrogen (secondary N) is 1. The Morgan fingerprint density at radius 3 is 2.65 bits per heavy atom. The highest BCUT2D eigenvalue weighted by atomic mass is 32.1. The van der Waals surface area contributed by atoms with Crippen LogP contribution in [0.4, 0.5) is 5.82 Å². The Labute approximate surface area is 200 Å². The summed E-state index contributed by atoms with van der Waals surface area (Å²) in [6.07, 6.45) is 0.338. The quantitative estimate of drug-likeness (QED) is 0.353. The zero-order valence-corrected chi connectivity index (χ0v) is 19.4. The van der Waals surface area contributed by atoms with Crippen LogP contribution in [0.5, 0.6) is 5.75 Å². The van der Waals surface area contributed by atoms with Gasteiger partial charge in [0.2, 0.25) is 11.0 Å². The van der Waals surface area contributed by atoms with Gasteiger partial charge in [-0.15, -0.1) is 0 Å². The summed E-state index contributed by atoms with van der Waals surface area (Å²) in [5.41, 5.74) is 4.88. The minimum atomic E-state index is -0.154. The summed E-state index contributed by atoms with van der Waals surface area (Å²) < 4.78 is 9.08. The van der Waals surface area contributed by atoms with Crippen LogP contribution in [0.2, 0.25) is 0 Å². The predicted octanol–water partition coefficient (Wildman–Crippen LogP) is 5.84. The van der Waals surface area contributed by atoms with Crippen molar-refractivity contribution < 1.29 is 9.53 Å². The SMILES string of the molecule is Cc1nn(-c2nc3ccccc3s2)c2c1C(c1ccccc1OCc1ccccc1)CC(=O)N2. The number of hydrogen-bond donors (Lipinski definition) is 1. The number of carbonyl (C=O) groups excluding carboxylic acids is 1. The number of carbonyl (C=O) groups is 1. The fraction of sp³-hybridized carbons (Fsp3) is 0.148. The van der Waals surface area contributed by atoms with Gasteiger partial charge in [0.05, 0.1) is 15.9 Å². The number of rotatable bonds is 5. The molecule has 0 radical (unpaired) electrons. The molecule has 1 aliphatic heterocycles. The zero-order chi connectivity index (χ0) is 23.1. The second kappa shape index (κ2) is 8.43. The molecule has 3 aromatic carbocycles. The molecule has 1 amide bonds. The standard InChI is InChI=1S/C27H22N4O2S/c1-17-25-20(19-11-5-7-13-22(19)33-16-18-9-3-2-4-10-18)15-24(32)29-26(25)31(30-17)27-28-21-12-6-8-14-23(21)34-27/h2-14,20H,15-16H2,1H3,(H,29,32). The fourth-order valence-corrected chi connectivity index (χ4v) is 5.46. The molecule has 1 unspecified atom stereocenters. The van der Waals surface area contributed by atoms with Gasteiger partial charge in [-0.25, -0.2) is 4.98 Å². The third kappa shape index (κ3) is 3.64. The molecule has 1 atom stereocenters. The van der Waals surface area contributed by atoms with Crippen LogP contribution in [0, 0.1) is 6.92 Å². The van der Waals surface area contributed by atoms with Crippen molar-refractivity contribution >= 4 is 33.3 Å². The van der Waals surface area contributed by atoms with E-state index in [1.54, 1.807) is 16.0 Å². The number of para-hydroxylation sites is 2. The number of anilines is 1. The summed E-state index contributed by atoms with van der Waals surface area (Å²) in [5, 5.41) is 8.59. The molecule has 2 aromatic heterocycles. The molecule has 0 fully saturated rings. The van der Waals surface area contributed by atoms with E-state index in [1.165, 1.54) is 0 Å². The molecular weight excluding hydrogens is 444 g/mol. The van der Waals surface area contributed by atoms with Crippen molar-refractivity contribution in [1.82, 2.24) is 14.8 Å². The number of hydrogen-bond acceptors (Lipinski definition) is 5. The third-order valence-electron chi connectivity index (χ3n) is 6.10. The van der Waals surface area contributed by atoms with Crippen molar-refractivity contribution in [3.63, 3.8) is 0 Å². The molecule has 0 aliphatic carbocycles. The van der Waals surface area contributed by atoms with Crippen molar-refractivity contribution in [2.45, 2.75) is 25.9 Å². The van der Waals surface area contributed by atoms with Gasteiger partial charge in [-0.1, -0.05) is 72.0 Å². The zero-order valence-electron chi connectivity index (χ0n) is 18.6. The van der Waals surface area contributed by atoms with E-state index in [9.17, 15) is 4.79 Å². The number of thiazole rings is 1. The number of amides is 1. The Hall–Kier alpha value is -3.97. The number of fused-ring (bicyclic) bond motifs is 2. The lowest BCUT2D eigenvalue weighted by Crippen LogP contribution is -2.25. The molecule has 6 rings (SSSR count). The number of aryl methyl sites for hydroxylation is 1. The fourth-order valence-electron chi connectivity index (χ4n) is 4.54. The monoisotopic (exact) mass is 466 g/mol. The van der Waals surface area contributed by atoms with Gasteiger partial charge in [0.1, 0.15) is 18.2 Å². The van der Waals surface area contributed by atoms with Crippen molar-refractivity contribution in [3.05, 3.63) is 101 Å². The molecule has 1 aliphatic rings. The first kappa shape index (κ1) is 20.6. The average Bonchev–Trinajstić information content (AvgIpc) is 3.44. The van der Waals surface area contributed by atoms with Crippen LogP contribution in [-0.2, 0) is 11.4 Å². The van der Waals surface area contributed by atoms with Crippen molar-refractivity contribution in [2.75, 3.05) is 5.32 Å². The molecular formula is C27H22N4O2S. The molecule has 0 saturated heterocycles. The van der Waals surface area contributed by atoms with Gasteiger partial charge in [0.15, 0.2) is 0 Å². The Balaban J connectivity index is 1.41. The Morgan fingerprint density at radius 2 is 1.79 bits per heavy atom. The van der Waals surface area contributed by atoms with Gasteiger partial charge >= 0.3 is 0 Å². The predicted molar refractivity (Wildman–Crippen MR) is 134 cm³/mol. The summed E-state index contributed by atoms with van der Waals surface area (Å²) in [5.74, 6) is 1.27. The van der Waals surface area contributed by atoms with Gasteiger partial charge in [-0.2, -0.15) is 9.78 Å². The van der Waals surface area contributed by atoms with E-state index >= 15 is 0 Å². The van der Waals surface area contributed by atoms with E-state index in [4.69, 9.17) is 14.8 Å². The first-order valence-corrected chi connectivity index (χ1v) is 12.0. The van der Waals surface area contributed by atoms with Crippen molar-refractivity contribution in [1.29, 1.82) is 0 Å². The minimum Gasteiger partial charge on any atom is -0.489 e. The van der Waals surface area contributed by atoms with Crippen molar-refractivity contribution in [2.24, 2.45) is 0 Å². The number of aromatic nitrogens is 3. The Kier molecular flexibility index (Phi) is 5.11. The van der Waals surface area contributed by atoms with E-state index in [1.807, 2.05) is 85.8 Å². The van der Waals surface area contributed by atoms with Crippen molar-refractivity contribution in [3.8, 4) is 10.9 Å². The number of benzene rings is 3. The third-order valence-corrected chi connectivity index (χ3v) is 7.11. The maximum absolute atomic E-state index is 12.9. The summed E-state index contributed by atoms with van der Waals surface area (Å²) >= 11 is 1.56. The normalized spacial score (nSPS) is 15.2. The van der Waals surface area contributed by atoms with E-state index in [0.29, 0.717) is 18.8 Å². The summed E-state index contributed by atoms with van der Waals surface area (Å²) in [6, 6.07) is 26.0. The lowest BCUT2D eigenvalue weighted by Gasteiger charge is -2.25. The molecule has 168 valence electrons. The van der Waals surface area contributed by atoms with Crippen LogP contribution in [0.3, 0.4) is 0 Å². The maximum atomic E-state index is 12.9. The van der Waals surface area contributed by atoms with Crippen LogP contribution < -0.4 is 10.1 Å². The maximum Gasteiger partial charge on any atom is 0.226 e. The van der Waals surface area contributed by atoms with Gasteiger partial charge in [-0.05, 0) is 30.7 Å². The molecule has 7 heteroatoms. The summed E-state index contributed by atoms with van der Waals surface area (Å²) in [6.45, 7) is 2.45. The Bertz CT molecular complexity index is 1470. The first-order chi connectivity index (χ1) is 16.7. The topological polar surface area (TPSA) is 69.0 Å². The van der Waals surface area contributed by atoms with Gasteiger partial charge < -0.3 is 10.1 Å². The lowest BCUT2D eigenvalue weighted by molar-refractivity contribution is -0.116. The van der Waals surface area contributed by atoms with Crippen LogP contribution in [-0.4, -0.2) is 20.7 Å². The molecule has 3 heterocycles. The summed E-state index contributed by atoms with van der Waals surface area (Å²) in [7, 11) is 0. The number of ether oxygens (including phenoxy) is 1. The van der Waals surface area contributed by atoms with Gasteiger partial charge in [0.25, 0.3) is 0 Å². The van der Waals surface area contributed by atoms with Crippen LogP contribution in [0.25, 0.3) is 15.3 Å². The Morgan fingerprint density at radius 1 is 1.03 bits per heavy atom. The highest BCUT2D eigenvalue weighted by Crippen LogP contribution is 2.43. The second-order valence-corrected chi connectivity index (χ2v) is 9.35. The van der Waals surface area contributed by atoms with Crippen LogP contribution in [0.1, 0.15) is 34.7 Å². The molecule has 0 spiro atoms. The smallest absolute Gasteiger partial charge is 0.226 e. The molecule has 1 N–H and O–H groups in total. The molecule has 0 saturated carbocycles. The largest absolute Gasteiger partial charge is 0.489 e. The molecule has 6 nitrogen and oxygen atoms in total. The summed E-state index contributed by atoms with van der Waals surface area (Å²) in [4.78, 5) is 17.6. The minimum absolute atomic E-state index is 0.0439. The van der Waals surface area contributed by atoms with E-state index in [0.717, 1.165) is 43.5 Å². The highest BCUT2D eigenvalue weighted by Gasteiger charge is 2.34. The van der Waals surface area contributed by atoms with E-state index in [2.05, 4.69) is 5.32 Å². The molecule has 34 heavy (non-hydrogen) atoms. The second-order valence-electron chi connectivity index (χ2n) is 8.34. The van der Waals surface area contributed by atoms with Crippen LogP contribution in [0.15, 0.2) is 78.9 Å². The first-order valence-electron chi connectivity index (χ1n) is 11.2. The number of nitrogens with zero attached hydrogens (tertiary/aromatic N) is 3. The molecule has 5 aromatic rings. The van der Waals surface area contributed by atoms with E-state index < -0.39 is 0 Å². The van der Waals surface area contributed by atoms with Gasteiger partial charge in [0, 0.05) is 23.5 Å².